The van der Waals surface area contributed by atoms with Gasteiger partial charge in [-0.05, 0) is 12.5 Å². The van der Waals surface area contributed by atoms with Gasteiger partial charge in [-0.2, -0.15) is 0 Å². The zero-order chi connectivity index (χ0) is 7.56. The third kappa shape index (κ3) is 1.39. The standard InChI is InChI=1S/C7H8ClNO/c8-6-1-2-7(10)5(3-6)4-9/h3-4,9-10H,1-2H2. The van der Waals surface area contributed by atoms with E-state index in [1.165, 1.54) is 0 Å². The zero-order valence-electron chi connectivity index (χ0n) is 5.39. The molecular formula is C7H8ClNO. The molecule has 1 aliphatic rings. The summed E-state index contributed by atoms with van der Waals surface area (Å²) >= 11 is 5.67. The minimum Gasteiger partial charge on any atom is -0.512 e. The average molecular weight is 158 g/mol. The molecule has 0 aliphatic heterocycles. The summed E-state index contributed by atoms with van der Waals surface area (Å²) in [4.78, 5) is 0. The molecule has 3 heteroatoms. The molecule has 0 amide bonds. The monoisotopic (exact) mass is 157 g/mol. The van der Waals surface area contributed by atoms with Gasteiger partial charge in [0.05, 0.1) is 0 Å². The van der Waals surface area contributed by atoms with E-state index in [2.05, 4.69) is 0 Å². The lowest BCUT2D eigenvalue weighted by atomic mass is 10.1. The van der Waals surface area contributed by atoms with Crippen LogP contribution in [-0.2, 0) is 0 Å². The van der Waals surface area contributed by atoms with E-state index >= 15 is 0 Å². The number of allylic oxidation sites excluding steroid dienone is 4. The molecule has 0 aromatic rings. The van der Waals surface area contributed by atoms with Crippen LogP contribution in [0.3, 0.4) is 0 Å². The third-order valence-electron chi connectivity index (χ3n) is 1.40. The van der Waals surface area contributed by atoms with Gasteiger partial charge >= 0.3 is 0 Å². The van der Waals surface area contributed by atoms with Crippen molar-refractivity contribution in [3.63, 3.8) is 0 Å². The lowest BCUT2D eigenvalue weighted by Crippen LogP contribution is -1.96. The van der Waals surface area contributed by atoms with Crippen molar-refractivity contribution in [1.82, 2.24) is 0 Å². The molecule has 0 fully saturated rings. The summed E-state index contributed by atoms with van der Waals surface area (Å²) in [6, 6.07) is 0. The van der Waals surface area contributed by atoms with E-state index in [0.717, 1.165) is 6.21 Å². The molecule has 0 aromatic carbocycles. The summed E-state index contributed by atoms with van der Waals surface area (Å²) in [5, 5.41) is 16.7. The van der Waals surface area contributed by atoms with E-state index in [-0.39, 0.29) is 5.76 Å². The van der Waals surface area contributed by atoms with Crippen LogP contribution in [0.15, 0.2) is 22.4 Å². The predicted molar refractivity (Wildman–Crippen MR) is 41.6 cm³/mol. The fourth-order valence-electron chi connectivity index (χ4n) is 0.831. The Labute approximate surface area is 64.3 Å². The lowest BCUT2D eigenvalue weighted by molar-refractivity contribution is 0.384. The highest BCUT2D eigenvalue weighted by atomic mass is 35.5. The second-order valence-corrected chi connectivity index (χ2v) is 2.62. The van der Waals surface area contributed by atoms with Crippen molar-refractivity contribution in [2.45, 2.75) is 12.8 Å². The molecule has 0 aromatic heterocycles. The Bertz CT molecular complexity index is 218. The first-order valence-electron chi connectivity index (χ1n) is 3.02. The Morgan fingerprint density at radius 3 is 2.80 bits per heavy atom. The molecule has 2 N–H and O–H groups in total. The van der Waals surface area contributed by atoms with Crippen LogP contribution in [0, 0.1) is 5.41 Å². The van der Waals surface area contributed by atoms with E-state index in [1.807, 2.05) is 0 Å². The topological polar surface area (TPSA) is 44.1 Å². The number of hydrogen-bond donors (Lipinski definition) is 2. The predicted octanol–water partition coefficient (Wildman–Crippen LogP) is 2.36. The van der Waals surface area contributed by atoms with E-state index in [1.54, 1.807) is 6.08 Å². The molecule has 0 spiro atoms. The van der Waals surface area contributed by atoms with Gasteiger partial charge in [-0.25, -0.2) is 0 Å². The quantitative estimate of drug-likeness (QED) is 0.564. The van der Waals surface area contributed by atoms with E-state index < -0.39 is 0 Å². The summed E-state index contributed by atoms with van der Waals surface area (Å²) in [7, 11) is 0. The zero-order valence-corrected chi connectivity index (χ0v) is 6.15. The summed E-state index contributed by atoms with van der Waals surface area (Å²) in [5.74, 6) is 0.263. The van der Waals surface area contributed by atoms with Crippen LogP contribution in [0.4, 0.5) is 0 Å². The van der Waals surface area contributed by atoms with Crippen LogP contribution in [0.5, 0.6) is 0 Å². The van der Waals surface area contributed by atoms with Gasteiger partial charge in [0.25, 0.3) is 0 Å². The number of aliphatic hydroxyl groups excluding tert-OH is 1. The third-order valence-corrected chi connectivity index (χ3v) is 1.70. The second-order valence-electron chi connectivity index (χ2n) is 2.14. The van der Waals surface area contributed by atoms with Crippen LogP contribution < -0.4 is 0 Å². The van der Waals surface area contributed by atoms with E-state index in [9.17, 15) is 0 Å². The number of nitrogens with one attached hydrogen (secondary N) is 1. The van der Waals surface area contributed by atoms with Crippen molar-refractivity contribution >= 4 is 17.8 Å². The van der Waals surface area contributed by atoms with Crippen LogP contribution >= 0.6 is 11.6 Å². The Kier molecular flexibility index (Phi) is 2.12. The number of halogens is 1. The molecular weight excluding hydrogens is 150 g/mol. The first kappa shape index (κ1) is 7.35. The molecule has 0 saturated carbocycles. The first-order chi connectivity index (χ1) is 4.74. The Balaban J connectivity index is 2.92. The van der Waals surface area contributed by atoms with Gasteiger partial charge in [0.15, 0.2) is 0 Å². The number of rotatable bonds is 1. The maximum Gasteiger partial charge on any atom is 0.101 e. The van der Waals surface area contributed by atoms with Crippen molar-refractivity contribution in [3.8, 4) is 0 Å². The molecule has 0 bridgehead atoms. The fraction of sp³-hybridized carbons (Fsp3) is 0.286. The molecule has 10 heavy (non-hydrogen) atoms. The van der Waals surface area contributed by atoms with Gasteiger partial charge < -0.3 is 10.5 Å². The SMILES string of the molecule is N=CC1=C(O)CCC(Cl)=C1. The minimum absolute atomic E-state index is 0.263. The molecule has 2 nitrogen and oxygen atoms in total. The summed E-state index contributed by atoms with van der Waals surface area (Å²) in [5.41, 5.74) is 0.524. The van der Waals surface area contributed by atoms with Crippen LogP contribution in [0.25, 0.3) is 0 Å². The Hall–Kier alpha value is -0.760. The van der Waals surface area contributed by atoms with Gasteiger partial charge in [-0.3, -0.25) is 0 Å². The van der Waals surface area contributed by atoms with Crippen LogP contribution in [0.1, 0.15) is 12.8 Å². The highest BCUT2D eigenvalue weighted by Gasteiger charge is 2.08. The smallest absolute Gasteiger partial charge is 0.101 e. The normalized spacial score (nSPS) is 18.7. The van der Waals surface area contributed by atoms with Crippen molar-refractivity contribution in [3.05, 3.63) is 22.4 Å². The summed E-state index contributed by atoms with van der Waals surface area (Å²) < 4.78 is 0. The number of hydrogen-bond acceptors (Lipinski definition) is 2. The average Bonchev–Trinajstić information content (AvgIpc) is 1.94. The summed E-state index contributed by atoms with van der Waals surface area (Å²) in [6.45, 7) is 0. The highest BCUT2D eigenvalue weighted by Crippen LogP contribution is 2.23. The molecule has 1 aliphatic carbocycles. The molecule has 0 saturated heterocycles. The number of aliphatic hydroxyl groups is 1. The maximum absolute atomic E-state index is 9.11. The van der Waals surface area contributed by atoms with Crippen LogP contribution in [-0.4, -0.2) is 11.3 Å². The van der Waals surface area contributed by atoms with Crippen molar-refractivity contribution in [2.75, 3.05) is 0 Å². The lowest BCUT2D eigenvalue weighted by Gasteiger charge is -2.08. The molecule has 0 radical (unpaired) electrons. The van der Waals surface area contributed by atoms with Crippen molar-refractivity contribution in [2.24, 2.45) is 0 Å². The second kappa shape index (κ2) is 2.88. The van der Waals surface area contributed by atoms with E-state index in [4.69, 9.17) is 22.1 Å². The fourth-order valence-corrected chi connectivity index (χ4v) is 1.04. The molecule has 1 rings (SSSR count). The van der Waals surface area contributed by atoms with Gasteiger partial charge in [-0.1, -0.05) is 11.6 Å². The molecule has 0 atom stereocenters. The Morgan fingerprint density at radius 1 is 1.60 bits per heavy atom. The highest BCUT2D eigenvalue weighted by molar-refractivity contribution is 6.30. The maximum atomic E-state index is 9.11. The van der Waals surface area contributed by atoms with Crippen LogP contribution in [0.2, 0.25) is 0 Å². The Morgan fingerprint density at radius 2 is 2.30 bits per heavy atom. The van der Waals surface area contributed by atoms with E-state index in [0.29, 0.717) is 23.4 Å². The molecule has 54 valence electrons. The van der Waals surface area contributed by atoms with Crippen molar-refractivity contribution < 1.29 is 5.11 Å². The summed E-state index contributed by atoms with van der Waals surface area (Å²) in [6.07, 6.45) is 3.97. The largest absolute Gasteiger partial charge is 0.512 e. The molecule has 0 unspecified atom stereocenters. The van der Waals surface area contributed by atoms with Crippen molar-refractivity contribution in [1.29, 1.82) is 5.41 Å². The van der Waals surface area contributed by atoms with Gasteiger partial charge in [-0.15, -0.1) is 0 Å². The first-order valence-corrected chi connectivity index (χ1v) is 3.40. The minimum atomic E-state index is 0.263. The van der Waals surface area contributed by atoms with Gasteiger partial charge in [0.1, 0.15) is 5.76 Å². The van der Waals surface area contributed by atoms with Gasteiger partial charge in [0, 0.05) is 23.2 Å². The van der Waals surface area contributed by atoms with Gasteiger partial charge in [0.2, 0.25) is 0 Å². The molecule has 0 heterocycles.